The average molecular weight is 382 g/mol. The van der Waals surface area contributed by atoms with E-state index in [1.165, 1.54) is 6.42 Å². The van der Waals surface area contributed by atoms with Crippen molar-refractivity contribution in [3.8, 4) is 0 Å². The highest BCUT2D eigenvalue weighted by Gasteiger charge is 2.51. The van der Waals surface area contributed by atoms with Gasteiger partial charge in [-0.15, -0.1) is 0 Å². The summed E-state index contributed by atoms with van der Waals surface area (Å²) in [5.74, 6) is 0. The third-order valence-corrected chi connectivity index (χ3v) is 4.46. The Morgan fingerprint density at radius 2 is 1.46 bits per heavy atom. The lowest BCUT2D eigenvalue weighted by atomic mass is 9.87. The maximum absolute atomic E-state index is 10.2. The van der Waals surface area contributed by atoms with Crippen molar-refractivity contribution in [3.05, 3.63) is 0 Å². The third-order valence-electron chi connectivity index (χ3n) is 4.46. The van der Waals surface area contributed by atoms with Gasteiger partial charge in [0.05, 0.1) is 18.3 Å². The van der Waals surface area contributed by atoms with Crippen molar-refractivity contribution in [2.24, 2.45) is 0 Å². The minimum Gasteiger partial charge on any atom is -0.394 e. The summed E-state index contributed by atoms with van der Waals surface area (Å²) in [7, 11) is 0. The maximum atomic E-state index is 10.2. The van der Waals surface area contributed by atoms with Crippen LogP contribution in [0.1, 0.15) is 41.0 Å². The molecular weight excluding hydrogens is 348 g/mol. The topological polar surface area (TPSA) is 149 Å². The van der Waals surface area contributed by atoms with E-state index >= 15 is 0 Å². The second kappa shape index (κ2) is 9.72. The first-order valence-electron chi connectivity index (χ1n) is 9.01. The Kier molecular flexibility index (Phi) is 8.85. The Morgan fingerprint density at radius 1 is 0.923 bits per heavy atom. The van der Waals surface area contributed by atoms with Gasteiger partial charge in [0.1, 0.15) is 42.7 Å². The van der Waals surface area contributed by atoms with Gasteiger partial charge in [-0.05, 0) is 20.8 Å². The van der Waals surface area contributed by atoms with Crippen molar-refractivity contribution < 1.29 is 44.8 Å². The molecule has 0 radical (unpaired) electrons. The predicted molar refractivity (Wildman–Crippen MR) is 91.2 cm³/mol. The van der Waals surface area contributed by atoms with E-state index in [-0.39, 0.29) is 0 Å². The third kappa shape index (κ3) is 5.12. The van der Waals surface area contributed by atoms with E-state index in [0.717, 1.165) is 0 Å². The van der Waals surface area contributed by atoms with Crippen LogP contribution in [0.25, 0.3) is 0 Å². The molecule has 2 saturated heterocycles. The fourth-order valence-electron chi connectivity index (χ4n) is 3.01. The van der Waals surface area contributed by atoms with E-state index in [2.05, 4.69) is 13.8 Å². The normalized spacial score (nSPS) is 45.6. The molecule has 6 N–H and O–H groups in total. The van der Waals surface area contributed by atoms with Crippen molar-refractivity contribution in [2.45, 2.75) is 102 Å². The van der Waals surface area contributed by atoms with Crippen LogP contribution in [0.2, 0.25) is 0 Å². The molecule has 0 spiro atoms. The molecule has 8 unspecified atom stereocenters. The van der Waals surface area contributed by atoms with Gasteiger partial charge in [0, 0.05) is 0 Å². The molecule has 0 aliphatic carbocycles. The highest BCUT2D eigenvalue weighted by Crippen LogP contribution is 2.33. The summed E-state index contributed by atoms with van der Waals surface area (Å²) in [5, 5.41) is 58.9. The van der Waals surface area contributed by atoms with Gasteiger partial charge in [0.15, 0.2) is 6.29 Å². The van der Waals surface area contributed by atoms with E-state index in [4.69, 9.17) is 19.3 Å². The standard InChI is InChI=1S/C14H26O9.C3H8/c1-5-11(10(19)12(20)14(2,3)23-5)22-13-9(18)8(17)7(16)6(4-15)21-13;1-3-2/h5-13,15-20H,4H2,1-3H3;3H2,1-2H3/t5-,6?,7?,8?,9?,10?,11?,12?,13?;/m1./s1. The molecule has 9 heteroatoms. The van der Waals surface area contributed by atoms with Gasteiger partial charge in [-0.1, -0.05) is 20.3 Å². The molecule has 9 nitrogen and oxygen atoms in total. The van der Waals surface area contributed by atoms with Crippen LogP contribution in [0.15, 0.2) is 0 Å². The van der Waals surface area contributed by atoms with E-state index in [1.807, 2.05) is 0 Å². The van der Waals surface area contributed by atoms with Crippen molar-refractivity contribution in [3.63, 3.8) is 0 Å². The minimum atomic E-state index is -1.58. The van der Waals surface area contributed by atoms with Crippen LogP contribution in [0.5, 0.6) is 0 Å². The molecule has 0 aromatic heterocycles. The van der Waals surface area contributed by atoms with Crippen molar-refractivity contribution in [1.29, 1.82) is 0 Å². The van der Waals surface area contributed by atoms with E-state index < -0.39 is 67.3 Å². The van der Waals surface area contributed by atoms with Crippen LogP contribution in [0.3, 0.4) is 0 Å². The Labute approximate surface area is 154 Å². The summed E-state index contributed by atoms with van der Waals surface area (Å²) in [6, 6.07) is 0. The van der Waals surface area contributed by atoms with Crippen molar-refractivity contribution >= 4 is 0 Å². The predicted octanol–water partition coefficient (Wildman–Crippen LogP) is -1.49. The molecular formula is C17H34O9. The van der Waals surface area contributed by atoms with Gasteiger partial charge < -0.3 is 44.8 Å². The summed E-state index contributed by atoms with van der Waals surface area (Å²) in [5.41, 5.74) is -0.978. The van der Waals surface area contributed by atoms with Gasteiger partial charge in [-0.2, -0.15) is 0 Å². The summed E-state index contributed by atoms with van der Waals surface area (Å²) >= 11 is 0. The zero-order chi connectivity index (χ0) is 20.2. The van der Waals surface area contributed by atoms with Gasteiger partial charge in [-0.25, -0.2) is 0 Å². The van der Waals surface area contributed by atoms with Crippen LogP contribution in [-0.4, -0.2) is 98.0 Å². The Bertz CT molecular complexity index is 417. The monoisotopic (exact) mass is 382 g/mol. The highest BCUT2D eigenvalue weighted by molar-refractivity contribution is 4.98. The quantitative estimate of drug-likeness (QED) is 0.343. The highest BCUT2D eigenvalue weighted by atomic mass is 16.7. The molecule has 2 heterocycles. The van der Waals surface area contributed by atoms with E-state index in [1.54, 1.807) is 20.8 Å². The lowest BCUT2D eigenvalue weighted by Crippen LogP contribution is -2.65. The van der Waals surface area contributed by atoms with E-state index in [9.17, 15) is 25.5 Å². The summed E-state index contributed by atoms with van der Waals surface area (Å²) < 4.78 is 16.3. The molecule has 9 atom stereocenters. The van der Waals surface area contributed by atoms with Crippen LogP contribution < -0.4 is 0 Å². The lowest BCUT2D eigenvalue weighted by Gasteiger charge is -2.48. The molecule has 0 amide bonds. The molecule has 0 aromatic carbocycles. The Hall–Kier alpha value is -0.360. The molecule has 0 aromatic rings. The summed E-state index contributed by atoms with van der Waals surface area (Å²) in [6.45, 7) is 8.55. The minimum absolute atomic E-state index is 0.584. The number of ether oxygens (including phenoxy) is 3. The zero-order valence-corrected chi connectivity index (χ0v) is 16.0. The smallest absolute Gasteiger partial charge is 0.187 e. The van der Waals surface area contributed by atoms with Crippen LogP contribution in [0.4, 0.5) is 0 Å². The molecule has 2 aliphatic heterocycles. The van der Waals surface area contributed by atoms with Crippen molar-refractivity contribution in [1.82, 2.24) is 0 Å². The van der Waals surface area contributed by atoms with Crippen LogP contribution in [0, 0.1) is 0 Å². The fourth-order valence-corrected chi connectivity index (χ4v) is 3.01. The molecule has 2 fully saturated rings. The number of aliphatic hydroxyl groups is 6. The second-order valence-corrected chi connectivity index (χ2v) is 7.37. The fraction of sp³-hybridized carbons (Fsp3) is 1.00. The lowest BCUT2D eigenvalue weighted by molar-refractivity contribution is -0.346. The zero-order valence-electron chi connectivity index (χ0n) is 16.0. The van der Waals surface area contributed by atoms with Gasteiger partial charge in [0.2, 0.25) is 0 Å². The van der Waals surface area contributed by atoms with Crippen LogP contribution >= 0.6 is 0 Å². The Balaban J connectivity index is 0.00000105. The number of aliphatic hydroxyl groups excluding tert-OH is 6. The molecule has 0 saturated carbocycles. The second-order valence-electron chi connectivity index (χ2n) is 7.37. The maximum Gasteiger partial charge on any atom is 0.187 e. The molecule has 0 bridgehead atoms. The molecule has 2 aliphatic rings. The average Bonchev–Trinajstić information content (AvgIpc) is 2.57. The van der Waals surface area contributed by atoms with E-state index in [0.29, 0.717) is 0 Å². The molecule has 156 valence electrons. The first kappa shape index (κ1) is 23.7. The Morgan fingerprint density at radius 3 is 1.96 bits per heavy atom. The molecule has 2 rings (SSSR count). The first-order chi connectivity index (χ1) is 12.0. The first-order valence-corrected chi connectivity index (χ1v) is 9.01. The van der Waals surface area contributed by atoms with Crippen molar-refractivity contribution in [2.75, 3.05) is 6.61 Å². The molecule has 26 heavy (non-hydrogen) atoms. The largest absolute Gasteiger partial charge is 0.394 e. The number of rotatable bonds is 3. The number of hydrogen-bond donors (Lipinski definition) is 6. The summed E-state index contributed by atoms with van der Waals surface area (Å²) in [6.07, 6.45) is -10.1. The SMILES string of the molecule is CCC.C[C@H]1OC(C)(C)C(O)C(O)C1OC1OC(CO)C(O)C(O)C1O. The van der Waals surface area contributed by atoms with Gasteiger partial charge in [0.25, 0.3) is 0 Å². The summed E-state index contributed by atoms with van der Waals surface area (Å²) in [4.78, 5) is 0. The van der Waals surface area contributed by atoms with Gasteiger partial charge in [-0.3, -0.25) is 0 Å². The number of hydrogen-bond acceptors (Lipinski definition) is 9. The van der Waals surface area contributed by atoms with Crippen LogP contribution in [-0.2, 0) is 14.2 Å². The van der Waals surface area contributed by atoms with Gasteiger partial charge >= 0.3 is 0 Å².